The van der Waals surface area contributed by atoms with E-state index in [1.807, 2.05) is 6.07 Å². The van der Waals surface area contributed by atoms with E-state index in [9.17, 15) is 9.59 Å². The van der Waals surface area contributed by atoms with E-state index in [1.54, 1.807) is 37.3 Å². The Morgan fingerprint density at radius 2 is 1.89 bits per heavy atom. The maximum absolute atomic E-state index is 12.6. The summed E-state index contributed by atoms with van der Waals surface area (Å²) >= 11 is 6.23. The number of ether oxygens (including phenoxy) is 3. The fourth-order valence-electron chi connectivity index (χ4n) is 3.02. The predicted octanol–water partition coefficient (Wildman–Crippen LogP) is 2.86. The van der Waals surface area contributed by atoms with Crippen LogP contribution in [0.5, 0.6) is 17.2 Å². The fourth-order valence-corrected chi connectivity index (χ4v) is 3.22. The van der Waals surface area contributed by atoms with E-state index in [2.05, 4.69) is 5.32 Å². The molecule has 2 amide bonds. The first-order valence-electron chi connectivity index (χ1n) is 8.49. The minimum Gasteiger partial charge on any atom is -0.486 e. The van der Waals surface area contributed by atoms with Crippen molar-refractivity contribution in [2.75, 3.05) is 30.0 Å². The lowest BCUT2D eigenvalue weighted by atomic mass is 10.2. The number of hydrogen-bond acceptors (Lipinski definition) is 5. The normalized spacial score (nSPS) is 17.8. The molecule has 0 bridgehead atoms. The van der Waals surface area contributed by atoms with Crippen molar-refractivity contribution < 1.29 is 23.8 Å². The third-order valence-corrected chi connectivity index (χ3v) is 4.59. The second-order valence-electron chi connectivity index (χ2n) is 6.18. The summed E-state index contributed by atoms with van der Waals surface area (Å²) in [4.78, 5) is 26.5. The Kier molecular flexibility index (Phi) is 4.53. The van der Waals surface area contributed by atoms with Crippen LogP contribution in [0.3, 0.4) is 0 Å². The van der Waals surface area contributed by atoms with Gasteiger partial charge in [0.25, 0.3) is 5.91 Å². The van der Waals surface area contributed by atoms with Gasteiger partial charge in [-0.15, -0.1) is 0 Å². The average Bonchev–Trinajstić information content (AvgIpc) is 2.66. The molecular weight excluding hydrogens is 372 g/mol. The standard InChI is InChI=1S/C19H17ClN2O5/c1-11-19(24)22(14-4-2-3-5-15(14)27-11)10-18(23)21-13-9-17-16(8-12(13)20)25-6-7-26-17/h2-5,8-9,11H,6-7,10H2,1H3,(H,21,23)/t11-/m1/s1. The van der Waals surface area contributed by atoms with Gasteiger partial charge >= 0.3 is 0 Å². The molecule has 0 aliphatic carbocycles. The number of rotatable bonds is 3. The summed E-state index contributed by atoms with van der Waals surface area (Å²) in [6, 6.07) is 10.3. The maximum Gasteiger partial charge on any atom is 0.268 e. The molecule has 0 unspecified atom stereocenters. The molecule has 27 heavy (non-hydrogen) atoms. The van der Waals surface area contributed by atoms with Crippen molar-refractivity contribution in [3.05, 3.63) is 41.4 Å². The summed E-state index contributed by atoms with van der Waals surface area (Å²) in [6.07, 6.45) is -0.661. The van der Waals surface area contributed by atoms with E-state index in [4.69, 9.17) is 25.8 Å². The third kappa shape index (κ3) is 3.38. The van der Waals surface area contributed by atoms with Gasteiger partial charge in [0.05, 0.1) is 16.4 Å². The molecule has 7 nitrogen and oxygen atoms in total. The number of para-hydroxylation sites is 2. The molecule has 140 valence electrons. The van der Waals surface area contributed by atoms with E-state index in [0.717, 1.165) is 0 Å². The van der Waals surface area contributed by atoms with E-state index in [0.29, 0.717) is 46.9 Å². The fraction of sp³-hybridized carbons (Fsp3) is 0.263. The van der Waals surface area contributed by atoms with E-state index >= 15 is 0 Å². The van der Waals surface area contributed by atoms with Crippen molar-refractivity contribution in [2.24, 2.45) is 0 Å². The highest BCUT2D eigenvalue weighted by molar-refractivity contribution is 6.34. The van der Waals surface area contributed by atoms with Gasteiger partial charge in [-0.2, -0.15) is 0 Å². The largest absolute Gasteiger partial charge is 0.486 e. The lowest BCUT2D eigenvalue weighted by molar-refractivity contribution is -0.127. The number of halogens is 1. The zero-order valence-electron chi connectivity index (χ0n) is 14.5. The molecule has 1 atom stereocenters. The van der Waals surface area contributed by atoms with Gasteiger partial charge in [-0.1, -0.05) is 23.7 Å². The highest BCUT2D eigenvalue weighted by atomic mass is 35.5. The second kappa shape index (κ2) is 7.00. The number of nitrogens with one attached hydrogen (secondary N) is 1. The summed E-state index contributed by atoms with van der Waals surface area (Å²) < 4.78 is 16.6. The van der Waals surface area contributed by atoms with Crippen LogP contribution in [-0.4, -0.2) is 37.7 Å². The number of carbonyl (C=O) groups excluding carboxylic acids is 2. The third-order valence-electron chi connectivity index (χ3n) is 4.28. The SMILES string of the molecule is C[C@H]1Oc2ccccc2N(CC(=O)Nc2cc3c(cc2Cl)OCCO3)C1=O. The van der Waals surface area contributed by atoms with Gasteiger partial charge in [-0.05, 0) is 19.1 Å². The van der Waals surface area contributed by atoms with Crippen molar-refractivity contribution in [1.29, 1.82) is 0 Å². The average molecular weight is 389 g/mol. The van der Waals surface area contributed by atoms with Gasteiger partial charge in [0.15, 0.2) is 17.6 Å². The van der Waals surface area contributed by atoms with Crippen LogP contribution >= 0.6 is 11.6 Å². The lowest BCUT2D eigenvalue weighted by Gasteiger charge is -2.32. The smallest absolute Gasteiger partial charge is 0.268 e. The van der Waals surface area contributed by atoms with Crippen molar-refractivity contribution in [3.63, 3.8) is 0 Å². The van der Waals surface area contributed by atoms with Crippen LogP contribution < -0.4 is 24.4 Å². The first kappa shape index (κ1) is 17.5. The summed E-state index contributed by atoms with van der Waals surface area (Å²) in [5, 5.41) is 3.06. The quantitative estimate of drug-likeness (QED) is 0.874. The molecule has 2 aliphatic rings. The van der Waals surface area contributed by atoms with Crippen LogP contribution in [0.4, 0.5) is 11.4 Å². The lowest BCUT2D eigenvalue weighted by Crippen LogP contribution is -2.47. The Morgan fingerprint density at radius 3 is 2.67 bits per heavy atom. The Labute approximate surface area is 160 Å². The van der Waals surface area contributed by atoms with Crippen molar-refractivity contribution in [1.82, 2.24) is 0 Å². The highest BCUT2D eigenvalue weighted by Crippen LogP contribution is 2.38. The zero-order chi connectivity index (χ0) is 19.0. The molecular formula is C19H17ClN2O5. The van der Waals surface area contributed by atoms with E-state index in [-0.39, 0.29) is 18.4 Å². The van der Waals surface area contributed by atoms with Crippen molar-refractivity contribution in [3.8, 4) is 17.2 Å². The van der Waals surface area contributed by atoms with Crippen molar-refractivity contribution >= 4 is 34.8 Å². The van der Waals surface area contributed by atoms with Crippen LogP contribution in [0.2, 0.25) is 5.02 Å². The molecule has 2 heterocycles. The predicted molar refractivity (Wildman–Crippen MR) is 100.0 cm³/mol. The molecule has 0 aromatic heterocycles. The molecule has 0 fully saturated rings. The van der Waals surface area contributed by atoms with Crippen molar-refractivity contribution in [2.45, 2.75) is 13.0 Å². The topological polar surface area (TPSA) is 77.1 Å². The molecule has 1 N–H and O–H groups in total. The van der Waals surface area contributed by atoms with Crippen LogP contribution in [0, 0.1) is 0 Å². The summed E-state index contributed by atoms with van der Waals surface area (Å²) in [5.41, 5.74) is 0.956. The van der Waals surface area contributed by atoms with Gasteiger partial charge in [0.2, 0.25) is 5.91 Å². The van der Waals surface area contributed by atoms with Gasteiger partial charge in [0.1, 0.15) is 25.5 Å². The molecule has 8 heteroatoms. The summed E-state index contributed by atoms with van der Waals surface area (Å²) in [7, 11) is 0. The molecule has 0 spiro atoms. The monoisotopic (exact) mass is 388 g/mol. The Balaban J connectivity index is 1.54. The number of anilines is 2. The number of benzene rings is 2. The van der Waals surface area contributed by atoms with Crippen LogP contribution in [0.1, 0.15) is 6.92 Å². The Bertz CT molecular complexity index is 917. The number of amides is 2. The highest BCUT2D eigenvalue weighted by Gasteiger charge is 2.32. The molecule has 4 rings (SSSR count). The molecule has 0 saturated heterocycles. The molecule has 2 aliphatic heterocycles. The van der Waals surface area contributed by atoms with Crippen LogP contribution in [-0.2, 0) is 9.59 Å². The van der Waals surface area contributed by atoms with Gasteiger partial charge < -0.3 is 19.5 Å². The second-order valence-corrected chi connectivity index (χ2v) is 6.58. The van der Waals surface area contributed by atoms with E-state index < -0.39 is 6.10 Å². The first-order chi connectivity index (χ1) is 13.0. The van der Waals surface area contributed by atoms with Gasteiger partial charge in [0, 0.05) is 12.1 Å². The molecule has 2 aromatic carbocycles. The summed E-state index contributed by atoms with van der Waals surface area (Å²) in [5.74, 6) is 0.954. The Hall–Kier alpha value is -2.93. The number of carbonyl (C=O) groups is 2. The van der Waals surface area contributed by atoms with Gasteiger partial charge in [-0.3, -0.25) is 14.5 Å². The maximum atomic E-state index is 12.6. The first-order valence-corrected chi connectivity index (χ1v) is 8.87. The summed E-state index contributed by atoms with van der Waals surface area (Å²) in [6.45, 7) is 2.37. The van der Waals surface area contributed by atoms with E-state index in [1.165, 1.54) is 4.90 Å². The number of fused-ring (bicyclic) bond motifs is 2. The molecule has 0 radical (unpaired) electrons. The van der Waals surface area contributed by atoms with Gasteiger partial charge in [-0.25, -0.2) is 0 Å². The van der Waals surface area contributed by atoms with Crippen LogP contribution in [0.25, 0.3) is 0 Å². The molecule has 0 saturated carbocycles. The Morgan fingerprint density at radius 1 is 1.19 bits per heavy atom. The minimum atomic E-state index is -0.661. The molecule has 2 aromatic rings. The minimum absolute atomic E-state index is 0.158. The zero-order valence-corrected chi connectivity index (χ0v) is 15.3. The number of nitrogens with zero attached hydrogens (tertiary/aromatic N) is 1. The van der Waals surface area contributed by atoms with Crippen LogP contribution in [0.15, 0.2) is 36.4 Å². The number of hydrogen-bond donors (Lipinski definition) is 1.